The van der Waals surface area contributed by atoms with Crippen molar-refractivity contribution in [3.63, 3.8) is 0 Å². The summed E-state index contributed by atoms with van der Waals surface area (Å²) >= 11 is 0. The van der Waals surface area contributed by atoms with Gasteiger partial charge in [0.1, 0.15) is 5.56 Å². The highest BCUT2D eigenvalue weighted by Crippen LogP contribution is 2.16. The van der Waals surface area contributed by atoms with Gasteiger partial charge in [0.05, 0.1) is 19.0 Å². The summed E-state index contributed by atoms with van der Waals surface area (Å²) in [4.78, 5) is 15.4. The summed E-state index contributed by atoms with van der Waals surface area (Å²) in [5.74, 6) is -0.0554. The Morgan fingerprint density at radius 2 is 2.27 bits per heavy atom. The molecule has 0 atom stereocenters. The lowest BCUT2D eigenvalue weighted by molar-refractivity contribution is 0.0601. The lowest BCUT2D eigenvalue weighted by Gasteiger charge is -2.15. The van der Waals surface area contributed by atoms with Crippen molar-refractivity contribution in [2.24, 2.45) is 0 Å². The van der Waals surface area contributed by atoms with Crippen LogP contribution < -0.4 is 11.2 Å². The lowest BCUT2D eigenvalue weighted by atomic mass is 10.2. The summed E-state index contributed by atoms with van der Waals surface area (Å²) in [5, 5.41) is 1.67. The second-order valence-electron chi connectivity index (χ2n) is 3.16. The molecule has 0 bridgehead atoms. The molecule has 0 saturated carbocycles. The van der Waals surface area contributed by atoms with E-state index in [2.05, 4.69) is 15.1 Å². The molecule has 82 valence electrons. The van der Waals surface area contributed by atoms with Crippen molar-refractivity contribution < 1.29 is 9.53 Å². The van der Waals surface area contributed by atoms with Gasteiger partial charge in [-0.2, -0.15) is 0 Å². The van der Waals surface area contributed by atoms with E-state index < -0.39 is 5.97 Å². The molecule has 0 saturated heterocycles. The van der Waals surface area contributed by atoms with Crippen molar-refractivity contribution in [3.8, 4) is 0 Å². The zero-order valence-electron chi connectivity index (χ0n) is 8.94. The molecule has 0 aliphatic rings. The van der Waals surface area contributed by atoms with E-state index in [1.807, 2.05) is 0 Å². The molecule has 15 heavy (non-hydrogen) atoms. The predicted octanol–water partition coefficient (Wildman–Crippen LogP) is 0.339. The molecule has 1 aromatic rings. The number of hydrogen-bond donors (Lipinski definition) is 2. The zero-order valence-corrected chi connectivity index (χ0v) is 8.94. The van der Waals surface area contributed by atoms with Crippen molar-refractivity contribution in [1.82, 2.24) is 9.99 Å². The molecule has 0 aliphatic carbocycles. The number of anilines is 2. The van der Waals surface area contributed by atoms with E-state index in [0.29, 0.717) is 17.1 Å². The molecule has 3 N–H and O–H groups in total. The third-order valence-corrected chi connectivity index (χ3v) is 1.64. The Morgan fingerprint density at radius 3 is 2.80 bits per heavy atom. The predicted molar refractivity (Wildman–Crippen MR) is 57.3 cm³/mol. The molecule has 0 unspecified atom stereocenters. The number of pyridine rings is 1. The fraction of sp³-hybridized carbons (Fsp3) is 0.333. The van der Waals surface area contributed by atoms with Crippen molar-refractivity contribution in [1.29, 1.82) is 0 Å². The van der Waals surface area contributed by atoms with E-state index in [1.165, 1.54) is 19.4 Å². The van der Waals surface area contributed by atoms with E-state index >= 15 is 0 Å². The maximum absolute atomic E-state index is 11.4. The van der Waals surface area contributed by atoms with Crippen molar-refractivity contribution in [3.05, 3.63) is 17.8 Å². The van der Waals surface area contributed by atoms with Gasteiger partial charge in [-0.25, -0.2) is 14.8 Å². The summed E-state index contributed by atoms with van der Waals surface area (Å²) in [6.45, 7) is 0. The summed E-state index contributed by atoms with van der Waals surface area (Å²) in [6, 6.07) is 1.52. The number of nitrogen functional groups attached to an aromatic ring is 1. The minimum atomic E-state index is -0.473. The number of hydrazine groups is 1. The lowest BCUT2D eigenvalue weighted by Crippen LogP contribution is -2.22. The van der Waals surface area contributed by atoms with Crippen LogP contribution in [0.15, 0.2) is 12.3 Å². The molecule has 0 spiro atoms. The second-order valence-corrected chi connectivity index (χ2v) is 3.16. The minimum absolute atomic E-state index is 0.311. The summed E-state index contributed by atoms with van der Waals surface area (Å²) in [7, 11) is 4.89. The molecule has 0 aromatic carbocycles. The van der Waals surface area contributed by atoms with E-state index in [4.69, 9.17) is 5.73 Å². The van der Waals surface area contributed by atoms with Gasteiger partial charge in [-0.15, -0.1) is 0 Å². The third kappa shape index (κ3) is 2.81. The Morgan fingerprint density at radius 1 is 1.60 bits per heavy atom. The molecule has 0 radical (unpaired) electrons. The number of nitrogens with zero attached hydrogens (tertiary/aromatic N) is 2. The molecule has 0 fully saturated rings. The number of nitrogens with two attached hydrogens (primary N) is 1. The van der Waals surface area contributed by atoms with E-state index in [-0.39, 0.29) is 0 Å². The van der Waals surface area contributed by atoms with Gasteiger partial charge in [0.15, 0.2) is 5.82 Å². The summed E-state index contributed by atoms with van der Waals surface area (Å²) in [6.07, 6.45) is 1.47. The highest BCUT2D eigenvalue weighted by molar-refractivity contribution is 5.95. The number of ether oxygens (including phenoxy) is 1. The molecular formula is C9H14N4O2. The van der Waals surface area contributed by atoms with Crippen LogP contribution in [0.4, 0.5) is 11.5 Å². The van der Waals surface area contributed by atoms with E-state index in [0.717, 1.165) is 0 Å². The third-order valence-electron chi connectivity index (χ3n) is 1.64. The largest absolute Gasteiger partial charge is 0.465 e. The molecular weight excluding hydrogens is 196 g/mol. The van der Waals surface area contributed by atoms with Crippen LogP contribution in [0.3, 0.4) is 0 Å². The number of rotatable bonds is 3. The van der Waals surface area contributed by atoms with Crippen LogP contribution in [0.5, 0.6) is 0 Å². The summed E-state index contributed by atoms with van der Waals surface area (Å²) in [5.41, 5.74) is 9.15. The van der Waals surface area contributed by atoms with Crippen molar-refractivity contribution >= 4 is 17.5 Å². The number of esters is 1. The van der Waals surface area contributed by atoms with Crippen LogP contribution in [0.1, 0.15) is 10.4 Å². The van der Waals surface area contributed by atoms with Crippen LogP contribution >= 0.6 is 0 Å². The molecule has 6 nitrogen and oxygen atoms in total. The first-order valence-electron chi connectivity index (χ1n) is 4.32. The standard InChI is InChI=1S/C9H14N4O2/c1-13(2)12-8-7(9(14)15-3)4-6(10)5-11-8/h4-5H,10H2,1-3H3,(H,11,12). The molecule has 1 aromatic heterocycles. The van der Waals surface area contributed by atoms with Gasteiger partial charge >= 0.3 is 5.97 Å². The van der Waals surface area contributed by atoms with Gasteiger partial charge in [0.25, 0.3) is 0 Å². The summed E-state index contributed by atoms with van der Waals surface area (Å²) < 4.78 is 4.62. The van der Waals surface area contributed by atoms with Gasteiger partial charge < -0.3 is 15.9 Å². The van der Waals surface area contributed by atoms with Crippen LogP contribution in [0.2, 0.25) is 0 Å². The van der Waals surface area contributed by atoms with Gasteiger partial charge in [-0.3, -0.25) is 0 Å². The highest BCUT2D eigenvalue weighted by Gasteiger charge is 2.13. The van der Waals surface area contributed by atoms with Crippen LogP contribution in [0, 0.1) is 0 Å². The number of nitrogens with one attached hydrogen (secondary N) is 1. The average molecular weight is 210 g/mol. The molecule has 1 heterocycles. The Kier molecular flexibility index (Phi) is 3.46. The molecule has 0 aliphatic heterocycles. The number of methoxy groups -OCH3 is 1. The smallest absolute Gasteiger partial charge is 0.341 e. The number of carbonyl (C=O) groups excluding carboxylic acids is 1. The Balaban J connectivity index is 3.08. The van der Waals surface area contributed by atoms with Gasteiger partial charge in [0, 0.05) is 14.1 Å². The topological polar surface area (TPSA) is 80.5 Å². The van der Waals surface area contributed by atoms with Crippen LogP contribution in [0.25, 0.3) is 0 Å². The van der Waals surface area contributed by atoms with Crippen LogP contribution in [-0.4, -0.2) is 37.2 Å². The SMILES string of the molecule is COC(=O)c1cc(N)cnc1NN(C)C. The first-order valence-corrected chi connectivity index (χ1v) is 4.32. The Labute approximate surface area is 88.0 Å². The fourth-order valence-electron chi connectivity index (χ4n) is 1.05. The van der Waals surface area contributed by atoms with E-state index in [1.54, 1.807) is 19.1 Å². The maximum atomic E-state index is 11.4. The van der Waals surface area contributed by atoms with Crippen LogP contribution in [-0.2, 0) is 4.74 Å². The first-order chi connectivity index (χ1) is 7.04. The monoisotopic (exact) mass is 210 g/mol. The van der Waals surface area contributed by atoms with Gasteiger partial charge in [0.2, 0.25) is 0 Å². The number of hydrogen-bond acceptors (Lipinski definition) is 6. The highest BCUT2D eigenvalue weighted by atomic mass is 16.5. The van der Waals surface area contributed by atoms with E-state index in [9.17, 15) is 4.79 Å². The molecule has 1 rings (SSSR count). The molecule has 6 heteroatoms. The Bertz CT molecular complexity index is 365. The number of carbonyl (C=O) groups is 1. The quantitative estimate of drug-likeness (QED) is 0.553. The van der Waals surface area contributed by atoms with Crippen molar-refractivity contribution in [2.75, 3.05) is 32.4 Å². The maximum Gasteiger partial charge on any atom is 0.341 e. The van der Waals surface area contributed by atoms with Gasteiger partial charge in [-0.05, 0) is 6.07 Å². The first kappa shape index (κ1) is 11.3. The Hall–Kier alpha value is -1.82. The second kappa shape index (κ2) is 4.61. The molecule has 0 amide bonds. The van der Waals surface area contributed by atoms with Gasteiger partial charge in [-0.1, -0.05) is 0 Å². The fourth-order valence-corrected chi connectivity index (χ4v) is 1.05. The zero-order chi connectivity index (χ0) is 11.4. The number of aromatic nitrogens is 1. The minimum Gasteiger partial charge on any atom is -0.465 e. The normalized spacial score (nSPS) is 10.1. The average Bonchev–Trinajstić information content (AvgIpc) is 2.19. The van der Waals surface area contributed by atoms with Crippen molar-refractivity contribution in [2.45, 2.75) is 0 Å².